The molecule has 0 radical (unpaired) electrons. The number of carbonyl (C=O) groups is 2. The summed E-state index contributed by atoms with van der Waals surface area (Å²) in [5, 5.41) is 6.67. The molecule has 3 nitrogen and oxygen atoms in total. The average molecular weight is 355 g/mol. The summed E-state index contributed by atoms with van der Waals surface area (Å²) in [5.74, 6) is -0.0557. The van der Waals surface area contributed by atoms with E-state index in [0.29, 0.717) is 22.5 Å². The molecule has 0 aliphatic heterocycles. The lowest BCUT2D eigenvalue weighted by molar-refractivity contribution is 0.0950. The van der Waals surface area contributed by atoms with Gasteiger partial charge in [-0.15, -0.1) is 11.3 Å². The smallest absolute Gasteiger partial charge is 0.251 e. The summed E-state index contributed by atoms with van der Waals surface area (Å²) in [4.78, 5) is 26.3. The molecule has 0 saturated carbocycles. The van der Waals surface area contributed by atoms with E-state index in [4.69, 9.17) is 0 Å². The van der Waals surface area contributed by atoms with E-state index in [2.05, 4.69) is 5.32 Å². The van der Waals surface area contributed by atoms with Gasteiger partial charge in [-0.3, -0.25) is 9.59 Å². The fraction of sp³-hybridized carbons (Fsp3) is 0.158. The number of benzene rings is 1. The molecule has 3 rings (SSSR count). The van der Waals surface area contributed by atoms with Crippen molar-refractivity contribution in [2.45, 2.75) is 20.4 Å². The first-order chi connectivity index (χ1) is 11.5. The number of carbonyl (C=O) groups excluding carboxylic acids is 2. The van der Waals surface area contributed by atoms with E-state index < -0.39 is 0 Å². The molecule has 0 saturated heterocycles. The minimum absolute atomic E-state index is 0.0354. The number of nitrogens with one attached hydrogen (secondary N) is 1. The van der Waals surface area contributed by atoms with Crippen LogP contribution in [0.2, 0.25) is 0 Å². The maximum atomic E-state index is 12.3. The van der Waals surface area contributed by atoms with E-state index in [1.807, 2.05) is 61.0 Å². The third kappa shape index (κ3) is 3.63. The van der Waals surface area contributed by atoms with Gasteiger partial charge in [0.25, 0.3) is 5.91 Å². The van der Waals surface area contributed by atoms with Crippen molar-refractivity contribution in [3.05, 3.63) is 79.2 Å². The molecule has 0 fully saturated rings. The highest BCUT2D eigenvalue weighted by Gasteiger charge is 2.13. The third-order valence-corrected chi connectivity index (χ3v) is 5.49. The van der Waals surface area contributed by atoms with Crippen molar-refractivity contribution < 1.29 is 9.59 Å². The molecule has 2 heterocycles. The quantitative estimate of drug-likeness (QED) is 0.681. The second-order valence-electron chi connectivity index (χ2n) is 5.61. The molecule has 24 heavy (non-hydrogen) atoms. The molecular weight excluding hydrogens is 338 g/mol. The first-order valence-electron chi connectivity index (χ1n) is 7.55. The predicted molar refractivity (Wildman–Crippen MR) is 99.2 cm³/mol. The first-order valence-corrected chi connectivity index (χ1v) is 9.31. The number of thiophene rings is 2. The largest absolute Gasteiger partial charge is 0.347 e. The van der Waals surface area contributed by atoms with Gasteiger partial charge in [0.1, 0.15) is 0 Å². The maximum absolute atomic E-state index is 12.3. The maximum Gasteiger partial charge on any atom is 0.251 e. The monoisotopic (exact) mass is 355 g/mol. The number of hydrogen-bond acceptors (Lipinski definition) is 4. The minimum atomic E-state index is -0.0911. The van der Waals surface area contributed by atoms with Crippen molar-refractivity contribution in [2.24, 2.45) is 0 Å². The molecule has 0 spiro atoms. The average Bonchev–Trinajstić information content (AvgIpc) is 3.24. The van der Waals surface area contributed by atoms with E-state index in [9.17, 15) is 9.59 Å². The van der Waals surface area contributed by atoms with Crippen LogP contribution in [-0.2, 0) is 6.54 Å². The number of aryl methyl sites for hydroxylation is 2. The fourth-order valence-electron chi connectivity index (χ4n) is 2.46. The van der Waals surface area contributed by atoms with E-state index in [-0.39, 0.29) is 11.7 Å². The SMILES string of the molecule is Cc1ccc(C(=O)NCc2ccc(C(=O)c3ccsc3)s2)c(C)c1. The van der Waals surface area contributed by atoms with Crippen molar-refractivity contribution in [1.29, 1.82) is 0 Å². The van der Waals surface area contributed by atoms with Crippen LogP contribution in [0.15, 0.2) is 47.2 Å². The van der Waals surface area contributed by atoms with E-state index in [0.717, 1.165) is 16.0 Å². The van der Waals surface area contributed by atoms with Crippen molar-refractivity contribution in [3.8, 4) is 0 Å². The Labute approximate surface area is 149 Å². The molecule has 5 heteroatoms. The third-order valence-electron chi connectivity index (χ3n) is 3.72. The Bertz CT molecular complexity index is 879. The molecule has 0 atom stereocenters. The number of ketones is 1. The van der Waals surface area contributed by atoms with Crippen LogP contribution < -0.4 is 5.32 Å². The summed E-state index contributed by atoms with van der Waals surface area (Å²) >= 11 is 2.93. The molecule has 2 aromatic heterocycles. The van der Waals surface area contributed by atoms with Gasteiger partial charge in [0.2, 0.25) is 5.78 Å². The molecule has 1 amide bonds. The first kappa shape index (κ1) is 16.6. The number of rotatable bonds is 5. The van der Waals surface area contributed by atoms with E-state index in [1.165, 1.54) is 22.7 Å². The lowest BCUT2D eigenvalue weighted by Crippen LogP contribution is -2.23. The van der Waals surface area contributed by atoms with Crippen LogP contribution in [0.5, 0.6) is 0 Å². The van der Waals surface area contributed by atoms with Crippen molar-refractivity contribution in [1.82, 2.24) is 5.32 Å². The molecular formula is C19H17NO2S2. The zero-order valence-electron chi connectivity index (χ0n) is 13.5. The van der Waals surface area contributed by atoms with Crippen LogP contribution in [0.25, 0.3) is 0 Å². The Balaban J connectivity index is 1.65. The van der Waals surface area contributed by atoms with Crippen molar-refractivity contribution in [3.63, 3.8) is 0 Å². The Kier molecular flexibility index (Phi) is 4.92. The van der Waals surface area contributed by atoms with Crippen LogP contribution in [0, 0.1) is 13.8 Å². The molecule has 0 aliphatic carbocycles. The summed E-state index contributed by atoms with van der Waals surface area (Å²) in [6.45, 7) is 4.37. The molecule has 122 valence electrons. The Morgan fingerprint density at radius 1 is 1.08 bits per heavy atom. The standard InChI is InChI=1S/C19H17NO2S2/c1-12-3-5-16(13(2)9-12)19(22)20-10-15-4-6-17(24-15)18(21)14-7-8-23-11-14/h3-9,11H,10H2,1-2H3,(H,20,22). The normalized spacial score (nSPS) is 10.6. The molecule has 1 N–H and O–H groups in total. The Hall–Kier alpha value is -2.24. The fourth-order valence-corrected chi connectivity index (χ4v) is 4.01. The second-order valence-corrected chi connectivity index (χ2v) is 7.56. The van der Waals surface area contributed by atoms with Gasteiger partial charge in [-0.05, 0) is 49.1 Å². The van der Waals surface area contributed by atoms with Crippen LogP contribution in [-0.4, -0.2) is 11.7 Å². The number of hydrogen-bond donors (Lipinski definition) is 1. The van der Waals surface area contributed by atoms with Gasteiger partial charge in [-0.2, -0.15) is 11.3 Å². The Morgan fingerprint density at radius 3 is 2.62 bits per heavy atom. The van der Waals surface area contributed by atoms with Gasteiger partial charge in [0, 0.05) is 21.4 Å². The minimum Gasteiger partial charge on any atom is -0.347 e. The summed E-state index contributed by atoms with van der Waals surface area (Å²) < 4.78 is 0. The van der Waals surface area contributed by atoms with Gasteiger partial charge < -0.3 is 5.32 Å². The topological polar surface area (TPSA) is 46.2 Å². The molecule has 0 aliphatic rings. The van der Waals surface area contributed by atoms with E-state index in [1.54, 1.807) is 0 Å². The zero-order chi connectivity index (χ0) is 17.1. The van der Waals surface area contributed by atoms with Gasteiger partial charge in [-0.25, -0.2) is 0 Å². The van der Waals surface area contributed by atoms with Crippen LogP contribution in [0.4, 0.5) is 0 Å². The van der Waals surface area contributed by atoms with Crippen LogP contribution in [0.3, 0.4) is 0 Å². The van der Waals surface area contributed by atoms with Gasteiger partial charge in [0.05, 0.1) is 11.4 Å². The highest BCUT2D eigenvalue weighted by molar-refractivity contribution is 7.14. The van der Waals surface area contributed by atoms with Gasteiger partial charge >= 0.3 is 0 Å². The van der Waals surface area contributed by atoms with Gasteiger partial charge in [-0.1, -0.05) is 17.7 Å². The highest BCUT2D eigenvalue weighted by atomic mass is 32.1. The molecule has 1 aromatic carbocycles. The molecule has 0 unspecified atom stereocenters. The summed E-state index contributed by atoms with van der Waals surface area (Å²) in [6.07, 6.45) is 0. The van der Waals surface area contributed by atoms with Gasteiger partial charge in [0.15, 0.2) is 0 Å². The molecule has 0 bridgehead atoms. The highest BCUT2D eigenvalue weighted by Crippen LogP contribution is 2.21. The zero-order valence-corrected chi connectivity index (χ0v) is 15.1. The molecule has 3 aromatic rings. The van der Waals surface area contributed by atoms with Crippen LogP contribution in [0.1, 0.15) is 41.6 Å². The summed E-state index contributed by atoms with van der Waals surface area (Å²) in [7, 11) is 0. The second kappa shape index (κ2) is 7.11. The lowest BCUT2D eigenvalue weighted by Gasteiger charge is -2.07. The summed E-state index contributed by atoms with van der Waals surface area (Å²) in [5.41, 5.74) is 3.50. The van der Waals surface area contributed by atoms with Crippen molar-refractivity contribution >= 4 is 34.4 Å². The number of amides is 1. The Morgan fingerprint density at radius 2 is 1.92 bits per heavy atom. The summed E-state index contributed by atoms with van der Waals surface area (Å²) in [6, 6.07) is 11.3. The van der Waals surface area contributed by atoms with Crippen LogP contribution >= 0.6 is 22.7 Å². The lowest BCUT2D eigenvalue weighted by atomic mass is 10.1. The van der Waals surface area contributed by atoms with E-state index >= 15 is 0 Å². The van der Waals surface area contributed by atoms with Crippen molar-refractivity contribution in [2.75, 3.05) is 0 Å². The predicted octanol–water partition coefficient (Wildman–Crippen LogP) is 4.59.